The van der Waals surface area contributed by atoms with Crippen molar-refractivity contribution in [2.24, 2.45) is 0 Å². The summed E-state index contributed by atoms with van der Waals surface area (Å²) in [7, 11) is 0. The summed E-state index contributed by atoms with van der Waals surface area (Å²) in [6.45, 7) is 2.07. The minimum Gasteiger partial charge on any atom is -0.465 e. The van der Waals surface area contributed by atoms with Gasteiger partial charge in [-0.05, 0) is 6.92 Å². The maximum atomic E-state index is 9.75. The highest BCUT2D eigenvalue weighted by Crippen LogP contribution is 1.92. The summed E-state index contributed by atoms with van der Waals surface area (Å²) in [5.74, 6) is 0.0419. The molecule has 3 N–H and O–H groups in total. The molecule has 0 aliphatic rings. The van der Waals surface area contributed by atoms with Crippen LogP contribution in [-0.2, 0) is 0 Å². The third-order valence-corrected chi connectivity index (χ3v) is 1.96. The van der Waals surface area contributed by atoms with Gasteiger partial charge in [-0.25, -0.2) is 4.79 Å². The Morgan fingerprint density at radius 2 is 2.00 bits per heavy atom. The number of amides is 1. The van der Waals surface area contributed by atoms with Crippen molar-refractivity contribution in [3.63, 3.8) is 0 Å². The molecule has 1 unspecified atom stereocenters. The topological polar surface area (TPSA) is 69.6 Å². The number of aliphatic hydroxyl groups excluding tert-OH is 1. The number of hydrogen-bond donors (Lipinski definition) is 3. The molecule has 0 aliphatic carbocycles. The Bertz CT molecular complexity index is 293. The molecule has 0 spiro atoms. The van der Waals surface area contributed by atoms with Crippen LogP contribution in [0.2, 0.25) is 0 Å². The number of halogens is 1. The van der Waals surface area contributed by atoms with Crippen molar-refractivity contribution in [1.82, 2.24) is 5.32 Å². The molecule has 0 saturated heterocycles. The molecule has 1 aromatic rings. The summed E-state index contributed by atoms with van der Waals surface area (Å²) in [6.07, 6.45) is -1.94. The summed E-state index contributed by atoms with van der Waals surface area (Å²) in [5, 5.41) is 18.6. The lowest BCUT2D eigenvalue weighted by Gasteiger charge is -2.04. The van der Waals surface area contributed by atoms with Gasteiger partial charge in [0.05, 0.1) is 12.0 Å². The second kappa shape index (κ2) is 9.00. The van der Waals surface area contributed by atoms with E-state index < -0.39 is 12.2 Å². The molecule has 0 radical (unpaired) electrons. The predicted molar refractivity (Wildman–Crippen MR) is 63.9 cm³/mol. The predicted octanol–water partition coefficient (Wildman–Crippen LogP) is 1.85. The molecular formula is C11H16ClNO3. The summed E-state index contributed by atoms with van der Waals surface area (Å²) in [6, 6.07) is 10.3. The summed E-state index contributed by atoms with van der Waals surface area (Å²) < 4.78 is 0. The molecule has 0 saturated carbocycles. The van der Waals surface area contributed by atoms with E-state index >= 15 is 0 Å². The van der Waals surface area contributed by atoms with E-state index in [4.69, 9.17) is 21.8 Å². The van der Waals surface area contributed by atoms with Crippen LogP contribution >= 0.6 is 11.6 Å². The van der Waals surface area contributed by atoms with Gasteiger partial charge in [0.1, 0.15) is 0 Å². The van der Waals surface area contributed by atoms with Crippen molar-refractivity contribution in [2.45, 2.75) is 13.0 Å². The van der Waals surface area contributed by atoms with Gasteiger partial charge in [0.15, 0.2) is 0 Å². The number of alkyl halides is 1. The van der Waals surface area contributed by atoms with Crippen LogP contribution in [0.4, 0.5) is 4.79 Å². The number of aliphatic hydroxyl groups is 1. The van der Waals surface area contributed by atoms with Gasteiger partial charge in [0.2, 0.25) is 0 Å². The van der Waals surface area contributed by atoms with E-state index in [0.29, 0.717) is 0 Å². The fraction of sp³-hybridized carbons (Fsp3) is 0.364. The molecule has 5 heteroatoms. The molecule has 1 rings (SSSR count). The van der Waals surface area contributed by atoms with Gasteiger partial charge < -0.3 is 15.5 Å². The third kappa shape index (κ3) is 9.30. The first-order valence-corrected chi connectivity index (χ1v) is 5.32. The molecule has 0 heterocycles. The van der Waals surface area contributed by atoms with Crippen molar-refractivity contribution in [2.75, 3.05) is 12.4 Å². The highest BCUT2D eigenvalue weighted by Gasteiger charge is 2.01. The number of carbonyl (C=O) groups is 1. The molecule has 0 bridgehead atoms. The average molecular weight is 246 g/mol. The number of carboxylic acid groups (broad SMARTS) is 1. The van der Waals surface area contributed by atoms with Crippen LogP contribution in [0.1, 0.15) is 5.56 Å². The number of nitrogens with one attached hydrogen (secondary N) is 1. The molecule has 0 aliphatic heterocycles. The van der Waals surface area contributed by atoms with Crippen molar-refractivity contribution >= 4 is 17.7 Å². The van der Waals surface area contributed by atoms with Crippen LogP contribution in [0.3, 0.4) is 0 Å². The monoisotopic (exact) mass is 245 g/mol. The molecular weight excluding hydrogens is 230 g/mol. The molecule has 1 aromatic carbocycles. The molecule has 16 heavy (non-hydrogen) atoms. The lowest BCUT2D eigenvalue weighted by molar-refractivity contribution is 0.170. The lowest BCUT2D eigenvalue weighted by Crippen LogP contribution is -2.31. The standard InChI is InChI=1S/C7H8.C4H8ClNO3/c1-7-5-3-2-4-6-7;5-1-3(7)2-6-4(8)9/h2-6H,1H3;3,6-7H,1-2H2,(H,8,9). The van der Waals surface area contributed by atoms with Crippen LogP contribution in [0.25, 0.3) is 0 Å². The normalized spacial score (nSPS) is 10.9. The van der Waals surface area contributed by atoms with Gasteiger partial charge in [0.25, 0.3) is 0 Å². The van der Waals surface area contributed by atoms with Crippen molar-refractivity contribution < 1.29 is 15.0 Å². The van der Waals surface area contributed by atoms with Crippen LogP contribution in [0.15, 0.2) is 30.3 Å². The van der Waals surface area contributed by atoms with E-state index in [1.165, 1.54) is 5.56 Å². The Hall–Kier alpha value is -1.26. The van der Waals surface area contributed by atoms with Crippen LogP contribution in [0.5, 0.6) is 0 Å². The minimum atomic E-state index is -1.15. The van der Waals surface area contributed by atoms with Crippen molar-refractivity contribution in [3.8, 4) is 0 Å². The number of rotatable bonds is 3. The van der Waals surface area contributed by atoms with Gasteiger partial charge in [0, 0.05) is 6.54 Å². The number of aryl methyl sites for hydroxylation is 1. The SMILES string of the molecule is Cc1ccccc1.O=C(O)NCC(O)CCl. The molecule has 4 nitrogen and oxygen atoms in total. The summed E-state index contributed by atoms with van der Waals surface area (Å²) in [4.78, 5) is 9.75. The zero-order chi connectivity index (χ0) is 12.4. The van der Waals surface area contributed by atoms with Crippen LogP contribution in [0, 0.1) is 6.92 Å². The fourth-order valence-electron chi connectivity index (χ4n) is 0.794. The minimum absolute atomic E-state index is 0.0150. The molecule has 1 atom stereocenters. The van der Waals surface area contributed by atoms with Crippen molar-refractivity contribution in [3.05, 3.63) is 35.9 Å². The van der Waals surface area contributed by atoms with Gasteiger partial charge in [-0.2, -0.15) is 0 Å². The molecule has 1 amide bonds. The third-order valence-electron chi connectivity index (χ3n) is 1.61. The van der Waals surface area contributed by atoms with E-state index in [0.717, 1.165) is 0 Å². The van der Waals surface area contributed by atoms with E-state index in [2.05, 4.69) is 19.1 Å². The highest BCUT2D eigenvalue weighted by molar-refractivity contribution is 6.18. The van der Waals surface area contributed by atoms with Gasteiger partial charge >= 0.3 is 6.09 Å². The van der Waals surface area contributed by atoms with Crippen LogP contribution < -0.4 is 5.32 Å². The number of hydrogen-bond acceptors (Lipinski definition) is 2. The molecule has 0 fully saturated rings. The summed E-state index contributed by atoms with van der Waals surface area (Å²) in [5.41, 5.74) is 1.32. The highest BCUT2D eigenvalue weighted by atomic mass is 35.5. The van der Waals surface area contributed by atoms with E-state index in [-0.39, 0.29) is 12.4 Å². The van der Waals surface area contributed by atoms with Crippen molar-refractivity contribution in [1.29, 1.82) is 0 Å². The first-order chi connectivity index (χ1) is 7.56. The molecule has 90 valence electrons. The Kier molecular flexibility index (Phi) is 8.29. The van der Waals surface area contributed by atoms with Gasteiger partial charge in [-0.15, -0.1) is 11.6 Å². The quantitative estimate of drug-likeness (QED) is 0.712. The van der Waals surface area contributed by atoms with Gasteiger partial charge in [-0.3, -0.25) is 0 Å². The van der Waals surface area contributed by atoms with Crippen LogP contribution in [-0.4, -0.2) is 34.8 Å². The van der Waals surface area contributed by atoms with E-state index in [1.54, 1.807) is 0 Å². The zero-order valence-electron chi connectivity index (χ0n) is 9.06. The van der Waals surface area contributed by atoms with E-state index in [9.17, 15) is 4.79 Å². The maximum absolute atomic E-state index is 9.75. The average Bonchev–Trinajstić information content (AvgIpc) is 2.27. The second-order valence-electron chi connectivity index (χ2n) is 3.15. The smallest absolute Gasteiger partial charge is 0.404 e. The Labute approximate surface area is 99.9 Å². The Morgan fingerprint density at radius 3 is 2.31 bits per heavy atom. The zero-order valence-corrected chi connectivity index (χ0v) is 9.81. The maximum Gasteiger partial charge on any atom is 0.404 e. The number of benzene rings is 1. The first kappa shape index (κ1) is 14.7. The lowest BCUT2D eigenvalue weighted by atomic mass is 10.2. The van der Waals surface area contributed by atoms with E-state index in [1.807, 2.05) is 23.5 Å². The Balaban J connectivity index is 0.000000288. The largest absolute Gasteiger partial charge is 0.465 e. The molecule has 0 aromatic heterocycles. The van der Waals surface area contributed by atoms with Gasteiger partial charge in [-0.1, -0.05) is 35.9 Å². The fourth-order valence-corrected chi connectivity index (χ4v) is 0.903. The Morgan fingerprint density at radius 1 is 1.44 bits per heavy atom. The summed E-state index contributed by atoms with van der Waals surface area (Å²) >= 11 is 5.15. The first-order valence-electron chi connectivity index (χ1n) is 4.78. The second-order valence-corrected chi connectivity index (χ2v) is 3.46.